The van der Waals surface area contributed by atoms with E-state index in [1.54, 1.807) is 0 Å². The SMILES string of the molecule is O=C1CCCNC1Cc1ccccc1Br. The Morgan fingerprint density at radius 2 is 2.20 bits per heavy atom. The third kappa shape index (κ3) is 2.67. The third-order valence-electron chi connectivity index (χ3n) is 2.76. The van der Waals surface area contributed by atoms with Gasteiger partial charge in [0.05, 0.1) is 6.04 Å². The van der Waals surface area contributed by atoms with Crippen molar-refractivity contribution in [2.75, 3.05) is 6.54 Å². The molecule has 1 saturated heterocycles. The summed E-state index contributed by atoms with van der Waals surface area (Å²) >= 11 is 3.50. The first-order chi connectivity index (χ1) is 7.27. The van der Waals surface area contributed by atoms with E-state index >= 15 is 0 Å². The number of ketones is 1. The molecule has 1 aliphatic heterocycles. The summed E-state index contributed by atoms with van der Waals surface area (Å²) in [5.74, 6) is 0.344. The van der Waals surface area contributed by atoms with Gasteiger partial charge in [-0.05, 0) is 31.0 Å². The zero-order chi connectivity index (χ0) is 10.7. The third-order valence-corrected chi connectivity index (χ3v) is 3.53. The second-order valence-corrected chi connectivity index (χ2v) is 4.73. The van der Waals surface area contributed by atoms with E-state index < -0.39 is 0 Å². The number of carbonyl (C=O) groups excluding carboxylic acids is 1. The Hall–Kier alpha value is -0.670. The molecule has 0 aromatic heterocycles. The Morgan fingerprint density at radius 3 is 2.93 bits per heavy atom. The van der Waals surface area contributed by atoms with Gasteiger partial charge in [0.15, 0.2) is 0 Å². The van der Waals surface area contributed by atoms with Crippen LogP contribution in [0.15, 0.2) is 28.7 Å². The molecule has 0 bridgehead atoms. The summed E-state index contributed by atoms with van der Waals surface area (Å²) < 4.78 is 1.09. The summed E-state index contributed by atoms with van der Waals surface area (Å²) in [5, 5.41) is 3.27. The molecule has 0 spiro atoms. The van der Waals surface area contributed by atoms with Crippen molar-refractivity contribution in [1.29, 1.82) is 0 Å². The molecule has 1 atom stereocenters. The lowest BCUT2D eigenvalue weighted by atomic mass is 9.97. The lowest BCUT2D eigenvalue weighted by molar-refractivity contribution is -0.122. The van der Waals surface area contributed by atoms with Crippen LogP contribution in [0.25, 0.3) is 0 Å². The van der Waals surface area contributed by atoms with Gasteiger partial charge in [-0.2, -0.15) is 0 Å². The Kier molecular flexibility index (Phi) is 3.54. The van der Waals surface area contributed by atoms with Gasteiger partial charge >= 0.3 is 0 Å². The van der Waals surface area contributed by atoms with Crippen LogP contribution in [-0.2, 0) is 11.2 Å². The second kappa shape index (κ2) is 4.90. The van der Waals surface area contributed by atoms with E-state index in [4.69, 9.17) is 0 Å². The molecule has 1 heterocycles. The summed E-state index contributed by atoms with van der Waals surface area (Å²) in [6.45, 7) is 0.959. The van der Waals surface area contributed by atoms with Crippen LogP contribution in [0.5, 0.6) is 0 Å². The number of halogens is 1. The maximum atomic E-state index is 11.6. The average Bonchev–Trinajstić information content (AvgIpc) is 2.24. The van der Waals surface area contributed by atoms with Crippen molar-refractivity contribution in [3.8, 4) is 0 Å². The lowest BCUT2D eigenvalue weighted by Gasteiger charge is -2.22. The smallest absolute Gasteiger partial charge is 0.150 e. The molecule has 1 unspecified atom stereocenters. The molecular weight excluding hydrogens is 254 g/mol. The summed E-state index contributed by atoms with van der Waals surface area (Å²) in [4.78, 5) is 11.6. The van der Waals surface area contributed by atoms with E-state index in [1.807, 2.05) is 18.2 Å². The maximum absolute atomic E-state index is 11.6. The van der Waals surface area contributed by atoms with Gasteiger partial charge in [-0.25, -0.2) is 0 Å². The number of hydrogen-bond donors (Lipinski definition) is 1. The van der Waals surface area contributed by atoms with Gasteiger partial charge in [0, 0.05) is 10.9 Å². The molecule has 15 heavy (non-hydrogen) atoms. The van der Waals surface area contributed by atoms with Gasteiger partial charge in [-0.15, -0.1) is 0 Å². The van der Waals surface area contributed by atoms with Crippen LogP contribution in [-0.4, -0.2) is 18.4 Å². The minimum absolute atomic E-state index is 0.0115. The number of piperidine rings is 1. The lowest BCUT2D eigenvalue weighted by Crippen LogP contribution is -2.43. The highest BCUT2D eigenvalue weighted by molar-refractivity contribution is 9.10. The standard InChI is InChI=1S/C12H14BrNO/c13-10-5-2-1-4-9(10)8-11-12(15)6-3-7-14-11/h1-2,4-5,11,14H,3,6-8H2. The fourth-order valence-electron chi connectivity index (χ4n) is 1.90. The molecule has 1 aliphatic rings. The maximum Gasteiger partial charge on any atom is 0.150 e. The molecule has 80 valence electrons. The largest absolute Gasteiger partial charge is 0.307 e. The van der Waals surface area contributed by atoms with Gasteiger partial charge in [-0.3, -0.25) is 4.79 Å². The fraction of sp³-hybridized carbons (Fsp3) is 0.417. The predicted molar refractivity (Wildman–Crippen MR) is 63.9 cm³/mol. The van der Waals surface area contributed by atoms with Crippen molar-refractivity contribution >= 4 is 21.7 Å². The first-order valence-electron chi connectivity index (χ1n) is 5.27. The molecule has 0 amide bonds. The van der Waals surface area contributed by atoms with E-state index in [-0.39, 0.29) is 6.04 Å². The first-order valence-corrected chi connectivity index (χ1v) is 6.06. The molecule has 0 radical (unpaired) electrons. The van der Waals surface area contributed by atoms with Gasteiger partial charge < -0.3 is 5.32 Å². The first kappa shape index (κ1) is 10.8. The quantitative estimate of drug-likeness (QED) is 0.891. The van der Waals surface area contributed by atoms with Crippen LogP contribution >= 0.6 is 15.9 Å². The van der Waals surface area contributed by atoms with Crippen molar-refractivity contribution in [3.63, 3.8) is 0 Å². The monoisotopic (exact) mass is 267 g/mol. The number of hydrogen-bond acceptors (Lipinski definition) is 2. The number of rotatable bonds is 2. The average molecular weight is 268 g/mol. The molecule has 2 rings (SSSR count). The van der Waals surface area contributed by atoms with Crippen LogP contribution in [0.2, 0.25) is 0 Å². The summed E-state index contributed by atoms with van der Waals surface area (Å²) in [6, 6.07) is 8.09. The highest BCUT2D eigenvalue weighted by atomic mass is 79.9. The fourth-order valence-corrected chi connectivity index (χ4v) is 2.34. The molecule has 3 heteroatoms. The number of Topliss-reactive ketones (excluding diaryl/α,β-unsaturated/α-hetero) is 1. The molecule has 1 aromatic rings. The molecule has 1 fully saturated rings. The second-order valence-electron chi connectivity index (χ2n) is 3.87. The Bertz CT molecular complexity index is 364. The van der Waals surface area contributed by atoms with Gasteiger partial charge in [-0.1, -0.05) is 34.1 Å². The molecule has 1 N–H and O–H groups in total. The summed E-state index contributed by atoms with van der Waals surface area (Å²) in [5.41, 5.74) is 1.20. The number of carbonyl (C=O) groups is 1. The topological polar surface area (TPSA) is 29.1 Å². The zero-order valence-electron chi connectivity index (χ0n) is 8.50. The molecule has 0 saturated carbocycles. The Balaban J connectivity index is 2.08. The molecule has 2 nitrogen and oxygen atoms in total. The molecular formula is C12H14BrNO. The minimum atomic E-state index is 0.0115. The van der Waals surface area contributed by atoms with Gasteiger partial charge in [0.25, 0.3) is 0 Å². The van der Waals surface area contributed by atoms with Crippen LogP contribution in [0.3, 0.4) is 0 Å². The van der Waals surface area contributed by atoms with Gasteiger partial charge in [0.1, 0.15) is 5.78 Å². The van der Waals surface area contributed by atoms with Crippen LogP contribution < -0.4 is 5.32 Å². The van der Waals surface area contributed by atoms with E-state index in [1.165, 1.54) is 5.56 Å². The van der Waals surface area contributed by atoms with E-state index in [2.05, 4.69) is 27.3 Å². The summed E-state index contributed by atoms with van der Waals surface area (Å²) in [6.07, 6.45) is 2.49. The van der Waals surface area contributed by atoms with Gasteiger partial charge in [0.2, 0.25) is 0 Å². The highest BCUT2D eigenvalue weighted by Crippen LogP contribution is 2.19. The molecule has 1 aromatic carbocycles. The normalized spacial score (nSPS) is 21.7. The number of benzene rings is 1. The van der Waals surface area contributed by atoms with Crippen LogP contribution in [0, 0.1) is 0 Å². The molecule has 0 aliphatic carbocycles. The van der Waals surface area contributed by atoms with Crippen molar-refractivity contribution in [2.45, 2.75) is 25.3 Å². The van der Waals surface area contributed by atoms with Crippen molar-refractivity contribution < 1.29 is 4.79 Å². The Labute approximate surface area is 98.2 Å². The highest BCUT2D eigenvalue weighted by Gasteiger charge is 2.22. The minimum Gasteiger partial charge on any atom is -0.307 e. The van der Waals surface area contributed by atoms with E-state index in [9.17, 15) is 4.79 Å². The predicted octanol–water partition coefficient (Wildman–Crippen LogP) is 2.31. The van der Waals surface area contributed by atoms with Crippen LogP contribution in [0.4, 0.5) is 0 Å². The van der Waals surface area contributed by atoms with Crippen molar-refractivity contribution in [3.05, 3.63) is 34.3 Å². The Morgan fingerprint density at radius 1 is 1.40 bits per heavy atom. The van der Waals surface area contributed by atoms with E-state index in [0.29, 0.717) is 5.78 Å². The number of nitrogens with one attached hydrogen (secondary N) is 1. The summed E-state index contributed by atoms with van der Waals surface area (Å²) in [7, 11) is 0. The van der Waals surface area contributed by atoms with Crippen molar-refractivity contribution in [2.24, 2.45) is 0 Å². The van der Waals surface area contributed by atoms with Crippen LogP contribution in [0.1, 0.15) is 18.4 Å². The van der Waals surface area contributed by atoms with Crippen molar-refractivity contribution in [1.82, 2.24) is 5.32 Å². The zero-order valence-corrected chi connectivity index (χ0v) is 10.1. The van der Waals surface area contributed by atoms with E-state index in [0.717, 1.165) is 30.3 Å².